The fraction of sp³-hybridized carbons (Fsp3) is 0.786. The average molecular weight is 282 g/mol. The first-order valence-electron chi connectivity index (χ1n) is 7.25. The van der Waals surface area contributed by atoms with Crippen molar-refractivity contribution in [2.24, 2.45) is 11.8 Å². The van der Waals surface area contributed by atoms with Crippen LogP contribution in [0, 0.1) is 11.8 Å². The van der Waals surface area contributed by atoms with Crippen LogP contribution in [-0.4, -0.2) is 46.9 Å². The Morgan fingerprint density at radius 1 is 1.30 bits per heavy atom. The quantitative estimate of drug-likeness (QED) is 0.773. The van der Waals surface area contributed by atoms with E-state index in [1.54, 1.807) is 4.90 Å². The normalized spacial score (nSPS) is 24.1. The maximum absolute atomic E-state index is 12.2. The number of nitrogens with one attached hydrogen (secondary N) is 1. The molecule has 2 N–H and O–H groups in total. The molecule has 1 aliphatic carbocycles. The van der Waals surface area contributed by atoms with Crippen LogP contribution in [0.1, 0.15) is 39.0 Å². The zero-order chi connectivity index (χ0) is 14.7. The van der Waals surface area contributed by atoms with Gasteiger partial charge in [-0.25, -0.2) is 0 Å². The molecule has 0 aromatic rings. The Hall–Kier alpha value is -1.59. The van der Waals surface area contributed by atoms with Gasteiger partial charge in [-0.2, -0.15) is 0 Å². The van der Waals surface area contributed by atoms with Gasteiger partial charge in [-0.3, -0.25) is 14.4 Å². The van der Waals surface area contributed by atoms with Gasteiger partial charge in [0.15, 0.2) is 0 Å². The van der Waals surface area contributed by atoms with Gasteiger partial charge in [0.2, 0.25) is 11.8 Å². The molecule has 2 aliphatic rings. The van der Waals surface area contributed by atoms with E-state index in [0.29, 0.717) is 19.0 Å². The van der Waals surface area contributed by atoms with E-state index in [1.165, 1.54) is 6.92 Å². The molecule has 1 saturated carbocycles. The third-order valence-electron chi connectivity index (χ3n) is 4.15. The second kappa shape index (κ2) is 6.24. The zero-order valence-electron chi connectivity index (χ0n) is 11.8. The summed E-state index contributed by atoms with van der Waals surface area (Å²) in [6, 6.07) is -0.257. The van der Waals surface area contributed by atoms with Crippen molar-refractivity contribution in [1.29, 1.82) is 0 Å². The Bertz CT molecular complexity index is 406. The lowest BCUT2D eigenvalue weighted by Crippen LogP contribution is -2.48. The number of amides is 2. The highest BCUT2D eigenvalue weighted by Crippen LogP contribution is 2.34. The summed E-state index contributed by atoms with van der Waals surface area (Å²) in [7, 11) is 0. The van der Waals surface area contributed by atoms with Crippen molar-refractivity contribution in [3.05, 3.63) is 0 Å². The van der Waals surface area contributed by atoms with Gasteiger partial charge in [0, 0.05) is 26.1 Å². The van der Waals surface area contributed by atoms with Crippen LogP contribution in [0.3, 0.4) is 0 Å². The Kier molecular flexibility index (Phi) is 4.62. The van der Waals surface area contributed by atoms with Crippen molar-refractivity contribution in [2.75, 3.05) is 13.1 Å². The smallest absolute Gasteiger partial charge is 0.305 e. The van der Waals surface area contributed by atoms with E-state index in [-0.39, 0.29) is 30.2 Å². The molecule has 0 radical (unpaired) electrons. The highest BCUT2D eigenvalue weighted by Gasteiger charge is 2.36. The zero-order valence-corrected chi connectivity index (χ0v) is 11.8. The minimum absolute atomic E-state index is 0.00761. The van der Waals surface area contributed by atoms with Gasteiger partial charge in [0.05, 0.1) is 12.3 Å². The van der Waals surface area contributed by atoms with Crippen molar-refractivity contribution >= 4 is 17.8 Å². The second-order valence-electron chi connectivity index (χ2n) is 5.85. The van der Waals surface area contributed by atoms with Crippen LogP contribution in [0.2, 0.25) is 0 Å². The molecule has 2 unspecified atom stereocenters. The van der Waals surface area contributed by atoms with Crippen molar-refractivity contribution in [3.63, 3.8) is 0 Å². The van der Waals surface area contributed by atoms with Crippen LogP contribution < -0.4 is 5.32 Å². The van der Waals surface area contributed by atoms with Gasteiger partial charge in [-0.1, -0.05) is 0 Å². The Morgan fingerprint density at radius 3 is 2.55 bits per heavy atom. The average Bonchev–Trinajstić information content (AvgIpc) is 3.21. The molecule has 2 amide bonds. The highest BCUT2D eigenvalue weighted by atomic mass is 16.4. The van der Waals surface area contributed by atoms with Crippen LogP contribution >= 0.6 is 0 Å². The van der Waals surface area contributed by atoms with Gasteiger partial charge in [0.25, 0.3) is 0 Å². The summed E-state index contributed by atoms with van der Waals surface area (Å²) >= 11 is 0. The summed E-state index contributed by atoms with van der Waals surface area (Å²) in [5, 5.41) is 11.8. The third kappa shape index (κ3) is 3.95. The first kappa shape index (κ1) is 14.8. The number of carboxylic acids is 1. The van der Waals surface area contributed by atoms with Crippen molar-refractivity contribution in [2.45, 2.75) is 45.1 Å². The number of piperidine rings is 1. The lowest BCUT2D eigenvalue weighted by molar-refractivity contribution is -0.138. The minimum Gasteiger partial charge on any atom is -0.481 e. The molecule has 6 nitrogen and oxygen atoms in total. The Balaban J connectivity index is 1.89. The van der Waals surface area contributed by atoms with Gasteiger partial charge in [0.1, 0.15) is 0 Å². The number of nitrogens with zero attached hydrogens (tertiary/aromatic N) is 1. The summed E-state index contributed by atoms with van der Waals surface area (Å²) in [4.78, 5) is 36.1. The summed E-state index contributed by atoms with van der Waals surface area (Å²) in [6.45, 7) is 2.67. The molecule has 2 fully saturated rings. The molecule has 1 saturated heterocycles. The number of hydrogen-bond donors (Lipinski definition) is 2. The van der Waals surface area contributed by atoms with Crippen LogP contribution in [0.15, 0.2) is 0 Å². The van der Waals surface area contributed by atoms with Gasteiger partial charge in [-0.05, 0) is 31.6 Å². The topological polar surface area (TPSA) is 86.7 Å². The molecule has 1 heterocycles. The SMILES string of the molecule is CC(=O)N1CCCC(C(=O)NC(CC(=O)O)C2CC2)C1. The molecule has 0 aromatic heterocycles. The molecule has 112 valence electrons. The Morgan fingerprint density at radius 2 is 2.00 bits per heavy atom. The van der Waals surface area contributed by atoms with Crippen LogP contribution in [0.25, 0.3) is 0 Å². The second-order valence-corrected chi connectivity index (χ2v) is 5.85. The number of aliphatic carboxylic acids is 1. The maximum Gasteiger partial charge on any atom is 0.305 e. The number of rotatable bonds is 5. The summed E-state index contributed by atoms with van der Waals surface area (Å²) in [6.07, 6.45) is 3.55. The van der Waals surface area contributed by atoms with E-state index in [4.69, 9.17) is 5.11 Å². The molecule has 6 heteroatoms. The number of likely N-dealkylation sites (tertiary alicyclic amines) is 1. The van der Waals surface area contributed by atoms with Crippen LogP contribution in [0.4, 0.5) is 0 Å². The van der Waals surface area contributed by atoms with E-state index in [0.717, 1.165) is 25.7 Å². The van der Waals surface area contributed by atoms with E-state index in [9.17, 15) is 14.4 Å². The van der Waals surface area contributed by atoms with Crippen LogP contribution in [-0.2, 0) is 14.4 Å². The number of hydrogen-bond acceptors (Lipinski definition) is 3. The first-order chi connectivity index (χ1) is 9.47. The molecule has 2 atom stereocenters. The fourth-order valence-corrected chi connectivity index (χ4v) is 2.80. The molecule has 0 aromatic carbocycles. The standard InChI is InChI=1S/C14H22N2O4/c1-9(17)16-6-2-3-11(8-16)14(20)15-12(7-13(18)19)10-4-5-10/h10-12H,2-8H2,1H3,(H,15,20)(H,18,19). The van der Waals surface area contributed by atoms with Gasteiger partial charge < -0.3 is 15.3 Å². The Labute approximate surface area is 118 Å². The first-order valence-corrected chi connectivity index (χ1v) is 7.25. The predicted octanol–water partition coefficient (Wildman–Crippen LogP) is 0.614. The fourth-order valence-electron chi connectivity index (χ4n) is 2.80. The largest absolute Gasteiger partial charge is 0.481 e. The number of carbonyl (C=O) groups excluding carboxylic acids is 2. The minimum atomic E-state index is -0.879. The van der Waals surface area contributed by atoms with E-state index < -0.39 is 5.97 Å². The van der Waals surface area contributed by atoms with Crippen molar-refractivity contribution < 1.29 is 19.5 Å². The molecule has 1 aliphatic heterocycles. The monoisotopic (exact) mass is 282 g/mol. The molecule has 2 rings (SSSR count). The van der Waals surface area contributed by atoms with E-state index >= 15 is 0 Å². The lowest BCUT2D eigenvalue weighted by Gasteiger charge is -2.32. The lowest BCUT2D eigenvalue weighted by atomic mass is 9.96. The van der Waals surface area contributed by atoms with Gasteiger partial charge in [-0.15, -0.1) is 0 Å². The number of carbonyl (C=O) groups is 3. The van der Waals surface area contributed by atoms with E-state index in [2.05, 4.69) is 5.32 Å². The maximum atomic E-state index is 12.2. The van der Waals surface area contributed by atoms with Crippen molar-refractivity contribution in [1.82, 2.24) is 10.2 Å². The number of carboxylic acid groups (broad SMARTS) is 1. The summed E-state index contributed by atoms with van der Waals surface area (Å²) in [5.41, 5.74) is 0. The van der Waals surface area contributed by atoms with Gasteiger partial charge >= 0.3 is 5.97 Å². The third-order valence-corrected chi connectivity index (χ3v) is 4.15. The summed E-state index contributed by atoms with van der Waals surface area (Å²) < 4.78 is 0. The molecule has 0 bridgehead atoms. The van der Waals surface area contributed by atoms with Crippen LogP contribution in [0.5, 0.6) is 0 Å². The van der Waals surface area contributed by atoms with Crippen molar-refractivity contribution in [3.8, 4) is 0 Å². The molecular formula is C14H22N2O4. The summed E-state index contributed by atoms with van der Waals surface area (Å²) in [5.74, 6) is -0.887. The molecule has 20 heavy (non-hydrogen) atoms. The molecular weight excluding hydrogens is 260 g/mol. The predicted molar refractivity (Wildman–Crippen MR) is 71.9 cm³/mol. The van der Waals surface area contributed by atoms with E-state index in [1.807, 2.05) is 0 Å². The molecule has 0 spiro atoms. The highest BCUT2D eigenvalue weighted by molar-refractivity contribution is 5.81.